The summed E-state index contributed by atoms with van der Waals surface area (Å²) < 4.78 is 42.0. The molecule has 2 unspecified atom stereocenters. The van der Waals surface area contributed by atoms with Gasteiger partial charge in [-0.2, -0.15) is 0 Å². The average Bonchev–Trinajstić information content (AvgIpc) is 2.90. The SMILES string of the molecule is CN.CNC(=O)c1ccc(CN(C(C=O)CCCc2cc(F)cc(F)c2)S(=O)c2ccc(Cl)cc2)cc1. The van der Waals surface area contributed by atoms with E-state index in [1.54, 1.807) is 59.9 Å². The summed E-state index contributed by atoms with van der Waals surface area (Å²) in [6.45, 7) is 0.182. The molecule has 0 spiro atoms. The number of nitrogens with two attached hydrogens (primary N) is 1. The number of hydrogen-bond acceptors (Lipinski definition) is 4. The van der Waals surface area contributed by atoms with Gasteiger partial charge in [-0.15, -0.1) is 0 Å². The third-order valence-electron chi connectivity index (χ3n) is 5.42. The standard InChI is InChI=1S/C26H25ClF2N2O3S.CH5N/c1-30-26(33)20-7-5-18(6-8-20)16-31(35(34)25-11-9-21(27)10-12-25)24(17-32)4-2-3-19-13-22(28)15-23(29)14-19;1-2/h5-15,17,24H,2-4,16H2,1H3,(H,30,33);2H2,1H3. The van der Waals surface area contributed by atoms with Gasteiger partial charge in [0.25, 0.3) is 5.91 Å². The molecule has 0 aliphatic heterocycles. The molecule has 0 aliphatic rings. The molecule has 0 bridgehead atoms. The molecule has 3 rings (SSSR count). The van der Waals surface area contributed by atoms with Gasteiger partial charge in [-0.3, -0.25) is 4.79 Å². The maximum absolute atomic E-state index is 13.5. The summed E-state index contributed by atoms with van der Waals surface area (Å²) in [5.41, 5.74) is 6.23. The number of aryl methyl sites for hydroxylation is 1. The predicted molar refractivity (Wildman–Crippen MR) is 142 cm³/mol. The van der Waals surface area contributed by atoms with Crippen LogP contribution in [0.25, 0.3) is 0 Å². The van der Waals surface area contributed by atoms with Gasteiger partial charge in [0.1, 0.15) is 28.9 Å². The van der Waals surface area contributed by atoms with Crippen molar-refractivity contribution in [2.24, 2.45) is 5.73 Å². The van der Waals surface area contributed by atoms with Crippen LogP contribution in [0.5, 0.6) is 0 Å². The number of amides is 1. The van der Waals surface area contributed by atoms with Crippen LogP contribution in [0, 0.1) is 11.6 Å². The molecule has 0 aromatic heterocycles. The van der Waals surface area contributed by atoms with Crippen LogP contribution in [0.15, 0.2) is 71.6 Å². The van der Waals surface area contributed by atoms with Crippen LogP contribution in [-0.4, -0.2) is 40.8 Å². The van der Waals surface area contributed by atoms with Crippen LogP contribution in [0.1, 0.15) is 34.3 Å². The first-order valence-electron chi connectivity index (χ1n) is 11.5. The van der Waals surface area contributed by atoms with E-state index in [0.29, 0.717) is 40.3 Å². The molecule has 3 aromatic rings. The number of halogens is 3. The maximum atomic E-state index is 13.5. The van der Waals surface area contributed by atoms with Crippen molar-refractivity contribution in [2.45, 2.75) is 36.7 Å². The van der Waals surface area contributed by atoms with Crippen molar-refractivity contribution in [1.82, 2.24) is 9.62 Å². The minimum Gasteiger partial charge on any atom is -0.355 e. The van der Waals surface area contributed by atoms with Crippen molar-refractivity contribution >= 4 is 34.8 Å². The van der Waals surface area contributed by atoms with Crippen LogP contribution in [-0.2, 0) is 28.7 Å². The van der Waals surface area contributed by atoms with Crippen LogP contribution in [0.4, 0.5) is 8.78 Å². The molecule has 0 radical (unpaired) electrons. The van der Waals surface area contributed by atoms with Gasteiger partial charge in [0, 0.05) is 30.2 Å². The van der Waals surface area contributed by atoms with E-state index in [9.17, 15) is 22.6 Å². The summed E-state index contributed by atoms with van der Waals surface area (Å²) in [4.78, 5) is 24.4. The summed E-state index contributed by atoms with van der Waals surface area (Å²) in [5, 5.41) is 3.05. The van der Waals surface area contributed by atoms with Crippen LogP contribution >= 0.6 is 11.6 Å². The molecule has 0 saturated carbocycles. The van der Waals surface area contributed by atoms with E-state index in [1.807, 2.05) is 0 Å². The zero-order valence-electron chi connectivity index (χ0n) is 20.6. The Morgan fingerprint density at radius 2 is 1.62 bits per heavy atom. The van der Waals surface area contributed by atoms with Crippen LogP contribution in [0.2, 0.25) is 5.02 Å². The van der Waals surface area contributed by atoms with E-state index < -0.39 is 28.7 Å². The van der Waals surface area contributed by atoms with Crippen molar-refractivity contribution in [1.29, 1.82) is 0 Å². The fourth-order valence-corrected chi connectivity index (χ4v) is 5.05. The molecule has 10 heteroatoms. The lowest BCUT2D eigenvalue weighted by Gasteiger charge is -2.27. The van der Waals surface area contributed by atoms with E-state index in [0.717, 1.165) is 17.9 Å². The van der Waals surface area contributed by atoms with Gasteiger partial charge in [-0.1, -0.05) is 23.7 Å². The van der Waals surface area contributed by atoms with Crippen molar-refractivity contribution in [3.63, 3.8) is 0 Å². The summed E-state index contributed by atoms with van der Waals surface area (Å²) in [6.07, 6.45) is 1.88. The Morgan fingerprint density at radius 3 is 2.16 bits per heavy atom. The molecular formula is C27H30ClF2N3O3S. The van der Waals surface area contributed by atoms with E-state index in [2.05, 4.69) is 11.1 Å². The van der Waals surface area contributed by atoms with E-state index >= 15 is 0 Å². The van der Waals surface area contributed by atoms with Gasteiger partial charge in [-0.25, -0.2) is 17.3 Å². The lowest BCUT2D eigenvalue weighted by atomic mass is 10.0. The smallest absolute Gasteiger partial charge is 0.251 e. The first kappa shape index (κ1) is 30.2. The van der Waals surface area contributed by atoms with E-state index in [4.69, 9.17) is 11.6 Å². The number of nitrogens with one attached hydrogen (secondary N) is 1. The highest BCUT2D eigenvalue weighted by Gasteiger charge is 2.25. The Labute approximate surface area is 223 Å². The quantitative estimate of drug-likeness (QED) is 0.340. The summed E-state index contributed by atoms with van der Waals surface area (Å²) in [5.74, 6) is -1.53. The lowest BCUT2D eigenvalue weighted by Crippen LogP contribution is -2.37. The van der Waals surface area contributed by atoms with Gasteiger partial charge in [0.15, 0.2) is 0 Å². The van der Waals surface area contributed by atoms with Crippen molar-refractivity contribution < 1.29 is 22.6 Å². The predicted octanol–water partition coefficient (Wildman–Crippen LogP) is 4.67. The number of hydrogen-bond donors (Lipinski definition) is 2. The van der Waals surface area contributed by atoms with Crippen molar-refractivity contribution in [3.05, 3.63) is 100 Å². The molecule has 0 aliphatic carbocycles. The van der Waals surface area contributed by atoms with E-state index in [1.165, 1.54) is 19.2 Å². The molecule has 0 heterocycles. The molecule has 37 heavy (non-hydrogen) atoms. The molecule has 0 fully saturated rings. The second kappa shape index (κ2) is 15.3. The Bertz CT molecular complexity index is 1170. The second-order valence-electron chi connectivity index (χ2n) is 7.93. The topological polar surface area (TPSA) is 92.5 Å². The molecule has 6 nitrogen and oxygen atoms in total. The molecular weight excluding hydrogens is 520 g/mol. The molecule has 0 saturated heterocycles. The number of nitrogens with zero attached hydrogens (tertiary/aromatic N) is 1. The average molecular weight is 550 g/mol. The van der Waals surface area contributed by atoms with Crippen LogP contribution < -0.4 is 11.1 Å². The van der Waals surface area contributed by atoms with Gasteiger partial charge < -0.3 is 15.8 Å². The highest BCUT2D eigenvalue weighted by atomic mass is 35.5. The zero-order chi connectivity index (χ0) is 27.4. The number of carbonyl (C=O) groups excluding carboxylic acids is 2. The third-order valence-corrected chi connectivity index (χ3v) is 7.18. The maximum Gasteiger partial charge on any atom is 0.251 e. The Kier molecular flexibility index (Phi) is 12.5. The number of benzene rings is 3. The molecule has 198 valence electrons. The molecule has 1 amide bonds. The Morgan fingerprint density at radius 1 is 1.03 bits per heavy atom. The summed E-state index contributed by atoms with van der Waals surface area (Å²) in [6, 6.07) is 15.9. The second-order valence-corrected chi connectivity index (χ2v) is 9.80. The molecule has 2 atom stereocenters. The largest absolute Gasteiger partial charge is 0.355 e. The Balaban J connectivity index is 0.00000235. The van der Waals surface area contributed by atoms with Gasteiger partial charge >= 0.3 is 0 Å². The fourth-order valence-electron chi connectivity index (χ4n) is 3.62. The molecule has 3 N–H and O–H groups in total. The minimum atomic E-state index is -1.69. The third kappa shape index (κ3) is 9.12. The van der Waals surface area contributed by atoms with Gasteiger partial charge in [-0.05, 0) is 86.0 Å². The summed E-state index contributed by atoms with van der Waals surface area (Å²) >= 11 is 5.96. The highest BCUT2D eigenvalue weighted by molar-refractivity contribution is 7.82. The number of aldehydes is 1. The van der Waals surface area contributed by atoms with Crippen molar-refractivity contribution in [3.8, 4) is 0 Å². The van der Waals surface area contributed by atoms with Gasteiger partial charge in [0.05, 0.1) is 10.9 Å². The zero-order valence-corrected chi connectivity index (χ0v) is 22.2. The van der Waals surface area contributed by atoms with Crippen molar-refractivity contribution in [2.75, 3.05) is 14.1 Å². The number of rotatable bonds is 11. The van der Waals surface area contributed by atoms with Crippen LogP contribution in [0.3, 0.4) is 0 Å². The first-order valence-corrected chi connectivity index (χ1v) is 13.0. The first-order chi connectivity index (χ1) is 17.8. The Hall–Kier alpha value is -2.98. The number of carbonyl (C=O) groups is 2. The monoisotopic (exact) mass is 549 g/mol. The molecule has 3 aromatic carbocycles. The lowest BCUT2D eigenvalue weighted by molar-refractivity contribution is -0.111. The normalized spacial score (nSPS) is 12.3. The highest BCUT2D eigenvalue weighted by Crippen LogP contribution is 2.22. The van der Waals surface area contributed by atoms with E-state index in [-0.39, 0.29) is 12.5 Å². The summed E-state index contributed by atoms with van der Waals surface area (Å²) in [7, 11) is 1.36. The fraction of sp³-hybridized carbons (Fsp3) is 0.259. The van der Waals surface area contributed by atoms with Gasteiger partial charge in [0.2, 0.25) is 0 Å². The minimum absolute atomic E-state index is 0.182.